The van der Waals surface area contributed by atoms with Crippen molar-refractivity contribution in [3.05, 3.63) is 65.7 Å². The van der Waals surface area contributed by atoms with Gasteiger partial charge in [-0.15, -0.1) is 0 Å². The maximum absolute atomic E-state index is 12.6. The molecule has 8 heteroatoms. The first-order valence-electron chi connectivity index (χ1n) is 11.5. The molecule has 176 valence electrons. The number of sulfonamides is 1. The van der Waals surface area contributed by atoms with Crippen LogP contribution in [0.1, 0.15) is 41.6 Å². The normalized spacial score (nSPS) is 17.8. The Morgan fingerprint density at radius 1 is 0.879 bits per heavy atom. The summed E-state index contributed by atoms with van der Waals surface area (Å²) in [5.74, 6) is -0.281. The highest BCUT2D eigenvalue weighted by Crippen LogP contribution is 2.23. The summed E-state index contributed by atoms with van der Waals surface area (Å²) in [5.41, 5.74) is 1.54. The fourth-order valence-corrected chi connectivity index (χ4v) is 5.99. The number of rotatable bonds is 7. The van der Waals surface area contributed by atoms with Gasteiger partial charge in [0.15, 0.2) is 6.61 Å². The van der Waals surface area contributed by atoms with Crippen molar-refractivity contribution < 1.29 is 22.7 Å². The Morgan fingerprint density at radius 3 is 2.15 bits per heavy atom. The number of hydrogen-bond donors (Lipinski definition) is 0. The Balaban J connectivity index is 1.24. The van der Waals surface area contributed by atoms with Crippen molar-refractivity contribution in [2.45, 2.75) is 37.0 Å². The standard InChI is InChI=1S/C25H30N2O5S/c28-24(26-16-12-21(13-17-26)18-20-6-2-1-3-7-20)19-32-25(29)22-8-10-23(11-9-22)33(30,31)27-14-4-5-15-27/h1-3,6-11,21H,4-5,12-19H2. The van der Waals surface area contributed by atoms with E-state index in [1.807, 2.05) is 18.2 Å². The average Bonchev–Trinajstić information content (AvgIpc) is 3.40. The zero-order valence-corrected chi connectivity index (χ0v) is 19.5. The molecule has 0 spiro atoms. The number of carbonyl (C=O) groups is 2. The maximum atomic E-state index is 12.6. The lowest BCUT2D eigenvalue weighted by molar-refractivity contribution is -0.135. The third-order valence-electron chi connectivity index (χ3n) is 6.45. The van der Waals surface area contributed by atoms with Crippen LogP contribution in [0.25, 0.3) is 0 Å². The molecule has 0 bridgehead atoms. The van der Waals surface area contributed by atoms with Gasteiger partial charge in [0.2, 0.25) is 10.0 Å². The molecule has 0 aromatic heterocycles. The zero-order chi connectivity index (χ0) is 23.3. The Morgan fingerprint density at radius 2 is 1.52 bits per heavy atom. The number of hydrogen-bond acceptors (Lipinski definition) is 5. The molecule has 2 heterocycles. The minimum Gasteiger partial charge on any atom is -0.452 e. The number of benzene rings is 2. The summed E-state index contributed by atoms with van der Waals surface area (Å²) < 4.78 is 31.8. The first-order chi connectivity index (χ1) is 15.9. The molecule has 0 atom stereocenters. The second-order valence-electron chi connectivity index (χ2n) is 8.73. The fourth-order valence-electron chi connectivity index (χ4n) is 4.48. The highest BCUT2D eigenvalue weighted by atomic mass is 32.2. The van der Waals surface area contributed by atoms with Crippen LogP contribution in [0.2, 0.25) is 0 Å². The highest BCUT2D eigenvalue weighted by Gasteiger charge is 2.27. The summed E-state index contributed by atoms with van der Waals surface area (Å²) in [6.45, 7) is 2.07. The van der Waals surface area contributed by atoms with Gasteiger partial charge in [-0.05, 0) is 67.9 Å². The van der Waals surface area contributed by atoms with Gasteiger partial charge in [-0.1, -0.05) is 30.3 Å². The molecular weight excluding hydrogens is 440 g/mol. The number of piperidine rings is 1. The van der Waals surface area contributed by atoms with Gasteiger partial charge in [0.25, 0.3) is 5.91 Å². The molecule has 2 aliphatic rings. The fraction of sp³-hybridized carbons (Fsp3) is 0.440. The molecule has 7 nitrogen and oxygen atoms in total. The van der Waals surface area contributed by atoms with E-state index >= 15 is 0 Å². The second-order valence-corrected chi connectivity index (χ2v) is 10.7. The summed E-state index contributed by atoms with van der Waals surface area (Å²) in [6.07, 6.45) is 4.61. The number of esters is 1. The summed E-state index contributed by atoms with van der Waals surface area (Å²) in [6, 6.07) is 16.1. The van der Waals surface area contributed by atoms with E-state index < -0.39 is 16.0 Å². The van der Waals surface area contributed by atoms with E-state index in [-0.39, 0.29) is 23.0 Å². The predicted molar refractivity (Wildman–Crippen MR) is 124 cm³/mol. The first kappa shape index (κ1) is 23.4. The molecule has 0 saturated carbocycles. The van der Waals surface area contributed by atoms with Crippen LogP contribution in [0, 0.1) is 5.92 Å². The van der Waals surface area contributed by atoms with Gasteiger partial charge in [-0.2, -0.15) is 4.31 Å². The van der Waals surface area contributed by atoms with Crippen LogP contribution >= 0.6 is 0 Å². The topological polar surface area (TPSA) is 84.0 Å². The van der Waals surface area contributed by atoms with Crippen molar-refractivity contribution in [1.29, 1.82) is 0 Å². The molecule has 0 radical (unpaired) electrons. The van der Waals surface area contributed by atoms with E-state index in [1.54, 1.807) is 4.90 Å². The van der Waals surface area contributed by atoms with E-state index in [0.717, 1.165) is 32.1 Å². The van der Waals surface area contributed by atoms with Crippen molar-refractivity contribution in [2.75, 3.05) is 32.8 Å². The third kappa shape index (κ3) is 5.81. The third-order valence-corrected chi connectivity index (χ3v) is 8.37. The summed E-state index contributed by atoms with van der Waals surface area (Å²) in [4.78, 5) is 26.8. The van der Waals surface area contributed by atoms with E-state index in [9.17, 15) is 18.0 Å². The second kappa shape index (κ2) is 10.5. The summed E-state index contributed by atoms with van der Waals surface area (Å²) >= 11 is 0. The van der Waals surface area contributed by atoms with Gasteiger partial charge in [0.05, 0.1) is 10.5 Å². The number of likely N-dealkylation sites (tertiary alicyclic amines) is 1. The van der Waals surface area contributed by atoms with Gasteiger partial charge in [-0.25, -0.2) is 13.2 Å². The molecule has 2 aromatic carbocycles. The van der Waals surface area contributed by atoms with E-state index in [4.69, 9.17) is 4.74 Å². The summed E-state index contributed by atoms with van der Waals surface area (Å²) in [7, 11) is -3.53. The molecule has 2 saturated heterocycles. The van der Waals surface area contributed by atoms with Gasteiger partial charge in [0.1, 0.15) is 0 Å². The van der Waals surface area contributed by atoms with Crippen LogP contribution in [0.4, 0.5) is 0 Å². The summed E-state index contributed by atoms with van der Waals surface area (Å²) in [5, 5.41) is 0. The van der Waals surface area contributed by atoms with Crippen LogP contribution < -0.4 is 0 Å². The number of carbonyl (C=O) groups excluding carboxylic acids is 2. The molecule has 4 rings (SSSR count). The van der Waals surface area contributed by atoms with E-state index in [0.29, 0.717) is 32.1 Å². The Labute approximate surface area is 195 Å². The Hall–Kier alpha value is -2.71. The van der Waals surface area contributed by atoms with Crippen LogP contribution in [0.15, 0.2) is 59.5 Å². The number of amides is 1. The SMILES string of the molecule is O=C(OCC(=O)N1CCC(Cc2ccccc2)CC1)c1ccc(S(=O)(=O)N2CCCC2)cc1. The smallest absolute Gasteiger partial charge is 0.338 e. The zero-order valence-electron chi connectivity index (χ0n) is 18.7. The molecular formula is C25H30N2O5S. The lowest BCUT2D eigenvalue weighted by Gasteiger charge is -2.32. The van der Waals surface area contributed by atoms with Crippen LogP contribution in [0.3, 0.4) is 0 Å². The van der Waals surface area contributed by atoms with Gasteiger partial charge < -0.3 is 9.64 Å². The molecule has 0 unspecified atom stereocenters. The van der Waals surface area contributed by atoms with E-state index in [2.05, 4.69) is 12.1 Å². The minimum absolute atomic E-state index is 0.162. The van der Waals surface area contributed by atoms with Crippen molar-refractivity contribution >= 4 is 21.9 Å². The predicted octanol–water partition coefficient (Wildman–Crippen LogP) is 3.11. The average molecular weight is 471 g/mol. The van der Waals surface area contributed by atoms with Crippen LogP contribution in [-0.4, -0.2) is 62.3 Å². The lowest BCUT2D eigenvalue weighted by atomic mass is 9.90. The molecule has 33 heavy (non-hydrogen) atoms. The highest BCUT2D eigenvalue weighted by molar-refractivity contribution is 7.89. The Bertz CT molecular complexity index is 1060. The van der Waals surface area contributed by atoms with E-state index in [1.165, 1.54) is 34.1 Å². The van der Waals surface area contributed by atoms with Crippen molar-refractivity contribution in [1.82, 2.24) is 9.21 Å². The lowest BCUT2D eigenvalue weighted by Crippen LogP contribution is -2.41. The van der Waals surface area contributed by atoms with Crippen molar-refractivity contribution in [3.63, 3.8) is 0 Å². The molecule has 2 aliphatic heterocycles. The quantitative estimate of drug-likeness (QED) is 0.581. The molecule has 2 fully saturated rings. The van der Waals surface area contributed by atoms with Gasteiger partial charge in [-0.3, -0.25) is 4.79 Å². The maximum Gasteiger partial charge on any atom is 0.338 e. The monoisotopic (exact) mass is 470 g/mol. The van der Waals surface area contributed by atoms with Crippen LogP contribution in [-0.2, 0) is 26.0 Å². The molecule has 1 amide bonds. The van der Waals surface area contributed by atoms with Gasteiger partial charge in [0, 0.05) is 26.2 Å². The van der Waals surface area contributed by atoms with Crippen LogP contribution in [0.5, 0.6) is 0 Å². The minimum atomic E-state index is -3.53. The number of ether oxygens (including phenoxy) is 1. The number of nitrogens with zero attached hydrogens (tertiary/aromatic N) is 2. The van der Waals surface area contributed by atoms with Crippen molar-refractivity contribution in [2.24, 2.45) is 5.92 Å². The molecule has 0 N–H and O–H groups in total. The Kier molecular flexibility index (Phi) is 7.45. The van der Waals surface area contributed by atoms with Gasteiger partial charge >= 0.3 is 5.97 Å². The molecule has 0 aliphatic carbocycles. The largest absolute Gasteiger partial charge is 0.452 e. The van der Waals surface area contributed by atoms with Crippen molar-refractivity contribution in [3.8, 4) is 0 Å². The first-order valence-corrected chi connectivity index (χ1v) is 13.0. The molecule has 2 aromatic rings.